The molecule has 0 amide bonds. The van der Waals surface area contributed by atoms with Crippen molar-refractivity contribution in [2.24, 2.45) is 0 Å². The van der Waals surface area contributed by atoms with E-state index in [1.807, 2.05) is 58.2 Å². The fourth-order valence-electron chi connectivity index (χ4n) is 5.24. The summed E-state index contributed by atoms with van der Waals surface area (Å²) in [4.78, 5) is 22.5. The number of carboxylic acid groups (broad SMARTS) is 1. The average molecular weight is 499 g/mol. The molecule has 1 unspecified atom stereocenters. The predicted molar refractivity (Wildman–Crippen MR) is 146 cm³/mol. The minimum atomic E-state index is -1.16. The van der Waals surface area contributed by atoms with Crippen molar-refractivity contribution < 1.29 is 19.4 Å². The monoisotopic (exact) mass is 498 g/mol. The summed E-state index contributed by atoms with van der Waals surface area (Å²) in [5.41, 5.74) is 6.30. The van der Waals surface area contributed by atoms with Gasteiger partial charge in [0.1, 0.15) is 5.75 Å². The highest BCUT2D eigenvalue weighted by Gasteiger charge is 2.33. The van der Waals surface area contributed by atoms with Gasteiger partial charge in [0.2, 0.25) is 0 Å². The van der Waals surface area contributed by atoms with Crippen molar-refractivity contribution in [1.82, 2.24) is 9.97 Å². The number of aryl methyl sites for hydroxylation is 1. The van der Waals surface area contributed by atoms with Gasteiger partial charge in [0.15, 0.2) is 6.10 Å². The molecule has 0 saturated heterocycles. The summed E-state index contributed by atoms with van der Waals surface area (Å²) in [7, 11) is 0. The largest absolute Gasteiger partial charge is 0.493 e. The molecule has 37 heavy (non-hydrogen) atoms. The molecular formula is C31H34N2O4. The highest BCUT2D eigenvalue weighted by atomic mass is 16.5. The maximum Gasteiger partial charge on any atom is 0.337 e. The SMILES string of the molecule is CCC(C)c1ccc2c(-c3ccc4c5c(ccnc35)CCO4)c([C@H](OC(C)(C)C)C(=O)O)c(C)cc2n1. The normalized spacial score (nSPS) is 15.0. The Balaban J connectivity index is 1.89. The van der Waals surface area contributed by atoms with Gasteiger partial charge in [-0.15, -0.1) is 0 Å². The molecule has 2 aromatic heterocycles. The molecule has 6 heteroatoms. The Bertz CT molecular complexity index is 1510. The third-order valence-corrected chi connectivity index (χ3v) is 7.18. The lowest BCUT2D eigenvalue weighted by Gasteiger charge is -2.29. The highest BCUT2D eigenvalue weighted by Crippen LogP contribution is 2.45. The Morgan fingerprint density at radius 3 is 2.68 bits per heavy atom. The second-order valence-electron chi connectivity index (χ2n) is 10.9. The molecule has 5 rings (SSSR count). The number of ether oxygens (including phenoxy) is 2. The van der Waals surface area contributed by atoms with Crippen molar-refractivity contribution in [2.45, 2.75) is 72.0 Å². The molecular weight excluding hydrogens is 464 g/mol. The number of hydrogen-bond acceptors (Lipinski definition) is 5. The van der Waals surface area contributed by atoms with Gasteiger partial charge in [-0.05, 0) is 87.1 Å². The number of aromatic nitrogens is 2. The van der Waals surface area contributed by atoms with Crippen LogP contribution in [0.25, 0.3) is 32.9 Å². The topological polar surface area (TPSA) is 81.5 Å². The molecule has 0 saturated carbocycles. The van der Waals surface area contributed by atoms with E-state index in [1.165, 1.54) is 5.56 Å². The van der Waals surface area contributed by atoms with E-state index in [2.05, 4.69) is 26.0 Å². The second-order valence-corrected chi connectivity index (χ2v) is 10.9. The van der Waals surface area contributed by atoms with Crippen LogP contribution in [0, 0.1) is 6.92 Å². The molecule has 4 aromatic rings. The molecule has 0 spiro atoms. The zero-order chi connectivity index (χ0) is 26.5. The van der Waals surface area contributed by atoms with Gasteiger partial charge >= 0.3 is 5.97 Å². The van der Waals surface area contributed by atoms with Crippen LogP contribution in [0.15, 0.2) is 42.6 Å². The van der Waals surface area contributed by atoms with E-state index in [0.717, 1.165) is 62.8 Å². The number of carboxylic acids is 1. The van der Waals surface area contributed by atoms with Crippen LogP contribution in [0.1, 0.15) is 75.4 Å². The van der Waals surface area contributed by atoms with Crippen LogP contribution in [-0.2, 0) is 16.0 Å². The smallest absolute Gasteiger partial charge is 0.337 e. The van der Waals surface area contributed by atoms with E-state index < -0.39 is 17.7 Å². The molecule has 1 aliphatic heterocycles. The second kappa shape index (κ2) is 9.42. The first-order chi connectivity index (χ1) is 17.6. The van der Waals surface area contributed by atoms with Gasteiger partial charge in [-0.1, -0.05) is 19.9 Å². The Hall–Kier alpha value is -3.51. The summed E-state index contributed by atoms with van der Waals surface area (Å²) in [6.07, 6.45) is 2.47. The zero-order valence-corrected chi connectivity index (χ0v) is 22.4. The number of pyridine rings is 2. The van der Waals surface area contributed by atoms with Gasteiger partial charge in [-0.3, -0.25) is 9.97 Å². The Labute approximate surface area is 217 Å². The van der Waals surface area contributed by atoms with Crippen LogP contribution >= 0.6 is 0 Å². The molecule has 192 valence electrons. The molecule has 0 aliphatic carbocycles. The Morgan fingerprint density at radius 1 is 1.19 bits per heavy atom. The lowest BCUT2D eigenvalue weighted by molar-refractivity contribution is -0.160. The summed E-state index contributed by atoms with van der Waals surface area (Å²) < 4.78 is 12.1. The number of hydrogen-bond donors (Lipinski definition) is 1. The van der Waals surface area contributed by atoms with Crippen molar-refractivity contribution in [2.75, 3.05) is 6.61 Å². The summed E-state index contributed by atoms with van der Waals surface area (Å²) in [5.74, 6) is 0.106. The van der Waals surface area contributed by atoms with Crippen LogP contribution in [-0.4, -0.2) is 33.3 Å². The molecule has 6 nitrogen and oxygen atoms in total. The first kappa shape index (κ1) is 25.2. The van der Waals surface area contributed by atoms with Crippen LogP contribution < -0.4 is 4.74 Å². The van der Waals surface area contributed by atoms with Crippen molar-refractivity contribution in [3.05, 3.63) is 65.0 Å². The van der Waals surface area contributed by atoms with Crippen molar-refractivity contribution in [3.8, 4) is 16.9 Å². The summed E-state index contributed by atoms with van der Waals surface area (Å²) in [6, 6.07) is 12.1. The van der Waals surface area contributed by atoms with Crippen LogP contribution in [0.4, 0.5) is 0 Å². The van der Waals surface area contributed by atoms with E-state index in [1.54, 1.807) is 0 Å². The summed E-state index contributed by atoms with van der Waals surface area (Å²) >= 11 is 0. The van der Waals surface area contributed by atoms with Gasteiger partial charge in [-0.2, -0.15) is 0 Å². The van der Waals surface area contributed by atoms with Crippen molar-refractivity contribution >= 4 is 27.8 Å². The van der Waals surface area contributed by atoms with E-state index in [9.17, 15) is 9.90 Å². The van der Waals surface area contributed by atoms with Gasteiger partial charge in [-0.25, -0.2) is 4.79 Å². The molecule has 1 N–H and O–H groups in total. The standard InChI is InChI=1S/C31H34N2O4/c1-7-17(2)22-10-8-20-23(33-22)16-18(3)25(29(30(34)35)37-31(4,5)6)27(20)21-9-11-24-26-19(13-15-36-24)12-14-32-28(21)26/h8-12,14,16-17,29H,7,13,15H2,1-6H3,(H,34,35)/t17?,29-/m0/s1. The van der Waals surface area contributed by atoms with Crippen LogP contribution in [0.5, 0.6) is 5.75 Å². The molecule has 2 aromatic carbocycles. The van der Waals surface area contributed by atoms with Gasteiger partial charge in [0.25, 0.3) is 0 Å². The highest BCUT2D eigenvalue weighted by molar-refractivity contribution is 6.08. The maximum atomic E-state index is 12.7. The van der Waals surface area contributed by atoms with Gasteiger partial charge in [0, 0.05) is 40.2 Å². The zero-order valence-electron chi connectivity index (χ0n) is 22.4. The summed E-state index contributed by atoms with van der Waals surface area (Å²) in [5, 5.41) is 12.2. The van der Waals surface area contributed by atoms with Crippen molar-refractivity contribution in [3.63, 3.8) is 0 Å². The molecule has 0 radical (unpaired) electrons. The third-order valence-electron chi connectivity index (χ3n) is 7.18. The van der Waals surface area contributed by atoms with E-state index in [0.29, 0.717) is 18.1 Å². The minimum Gasteiger partial charge on any atom is -0.493 e. The number of aliphatic carboxylic acids is 1. The average Bonchev–Trinajstić information content (AvgIpc) is 2.86. The van der Waals surface area contributed by atoms with E-state index in [-0.39, 0.29) is 0 Å². The number of fused-ring (bicyclic) bond motifs is 1. The predicted octanol–water partition coefficient (Wildman–Crippen LogP) is 7.15. The fraction of sp³-hybridized carbons (Fsp3) is 0.387. The molecule has 0 bridgehead atoms. The molecule has 1 aliphatic rings. The van der Waals surface area contributed by atoms with Gasteiger partial charge < -0.3 is 14.6 Å². The Kier molecular flexibility index (Phi) is 6.40. The van der Waals surface area contributed by atoms with Gasteiger partial charge in [0.05, 0.1) is 23.2 Å². The van der Waals surface area contributed by atoms with Crippen molar-refractivity contribution in [1.29, 1.82) is 0 Å². The maximum absolute atomic E-state index is 12.7. The third kappa shape index (κ3) is 4.55. The molecule has 3 heterocycles. The number of carbonyl (C=O) groups is 1. The van der Waals surface area contributed by atoms with E-state index in [4.69, 9.17) is 19.4 Å². The Morgan fingerprint density at radius 2 is 1.97 bits per heavy atom. The lowest BCUT2D eigenvalue weighted by atomic mass is 9.86. The number of nitrogens with zero attached hydrogens (tertiary/aromatic N) is 2. The first-order valence-electron chi connectivity index (χ1n) is 13.0. The number of benzene rings is 2. The van der Waals surface area contributed by atoms with E-state index >= 15 is 0 Å². The molecule has 2 atom stereocenters. The van der Waals surface area contributed by atoms with Crippen LogP contribution in [0.3, 0.4) is 0 Å². The lowest BCUT2D eigenvalue weighted by Crippen LogP contribution is -2.28. The summed E-state index contributed by atoms with van der Waals surface area (Å²) in [6.45, 7) is 12.5. The molecule has 0 fully saturated rings. The quantitative estimate of drug-likeness (QED) is 0.304. The fourth-order valence-corrected chi connectivity index (χ4v) is 5.24. The minimum absolute atomic E-state index is 0.322. The van der Waals surface area contributed by atoms with Crippen LogP contribution in [0.2, 0.25) is 0 Å². The first-order valence-corrected chi connectivity index (χ1v) is 13.0. The number of rotatable bonds is 6.